The molecule has 1 aromatic heterocycles. The van der Waals surface area contributed by atoms with Gasteiger partial charge in [-0.1, -0.05) is 19.0 Å². The molecule has 5 heteroatoms. The van der Waals surface area contributed by atoms with Gasteiger partial charge in [0.1, 0.15) is 5.82 Å². The van der Waals surface area contributed by atoms with Crippen LogP contribution < -0.4 is 5.73 Å². The maximum absolute atomic E-state index is 13.5. The van der Waals surface area contributed by atoms with E-state index in [0.717, 1.165) is 12.0 Å². The Hall–Kier alpha value is -1.36. The SMILES string of the molecule is CC(C)Cc1c(N)noc1-c1ccc(Br)c(F)c1. The molecule has 1 heterocycles. The Morgan fingerprint density at radius 2 is 2.17 bits per heavy atom. The van der Waals surface area contributed by atoms with Crippen LogP contribution in [0, 0.1) is 11.7 Å². The highest BCUT2D eigenvalue weighted by Gasteiger charge is 2.17. The Bertz CT molecular complexity index is 566. The van der Waals surface area contributed by atoms with Crippen molar-refractivity contribution in [3.8, 4) is 11.3 Å². The van der Waals surface area contributed by atoms with Gasteiger partial charge in [0, 0.05) is 11.1 Å². The first kappa shape index (κ1) is 13.1. The molecule has 0 atom stereocenters. The van der Waals surface area contributed by atoms with Gasteiger partial charge < -0.3 is 10.3 Å². The predicted molar refractivity (Wildman–Crippen MR) is 72.6 cm³/mol. The zero-order valence-corrected chi connectivity index (χ0v) is 11.8. The van der Waals surface area contributed by atoms with E-state index in [1.54, 1.807) is 12.1 Å². The van der Waals surface area contributed by atoms with Gasteiger partial charge in [0.2, 0.25) is 0 Å². The van der Waals surface area contributed by atoms with Crippen molar-refractivity contribution >= 4 is 21.7 Å². The number of aromatic nitrogens is 1. The highest BCUT2D eigenvalue weighted by molar-refractivity contribution is 9.10. The molecule has 0 bridgehead atoms. The van der Waals surface area contributed by atoms with E-state index in [-0.39, 0.29) is 5.82 Å². The normalized spacial score (nSPS) is 11.2. The lowest BCUT2D eigenvalue weighted by atomic mass is 10.00. The topological polar surface area (TPSA) is 52.0 Å². The van der Waals surface area contributed by atoms with E-state index >= 15 is 0 Å². The molecular weight excluding hydrogens is 299 g/mol. The van der Waals surface area contributed by atoms with Crippen molar-refractivity contribution in [1.29, 1.82) is 0 Å². The average molecular weight is 313 g/mol. The summed E-state index contributed by atoms with van der Waals surface area (Å²) in [7, 11) is 0. The zero-order valence-electron chi connectivity index (χ0n) is 10.2. The van der Waals surface area contributed by atoms with Gasteiger partial charge in [0.15, 0.2) is 11.6 Å². The van der Waals surface area contributed by atoms with E-state index in [9.17, 15) is 4.39 Å². The summed E-state index contributed by atoms with van der Waals surface area (Å²) in [6.45, 7) is 4.16. The van der Waals surface area contributed by atoms with E-state index in [2.05, 4.69) is 34.9 Å². The highest BCUT2D eigenvalue weighted by Crippen LogP contribution is 2.31. The fourth-order valence-electron chi connectivity index (χ4n) is 1.79. The number of halogens is 2. The number of hydrogen-bond donors (Lipinski definition) is 1. The Balaban J connectivity index is 2.47. The molecule has 1 aromatic carbocycles. The summed E-state index contributed by atoms with van der Waals surface area (Å²) >= 11 is 3.12. The quantitative estimate of drug-likeness (QED) is 0.931. The molecule has 0 aliphatic rings. The lowest BCUT2D eigenvalue weighted by molar-refractivity contribution is 0.434. The summed E-state index contributed by atoms with van der Waals surface area (Å²) in [6.07, 6.45) is 0.752. The van der Waals surface area contributed by atoms with Gasteiger partial charge in [-0.3, -0.25) is 0 Å². The predicted octanol–water partition coefficient (Wildman–Crippen LogP) is 4.02. The van der Waals surface area contributed by atoms with Crippen molar-refractivity contribution in [2.24, 2.45) is 5.92 Å². The number of anilines is 1. The van der Waals surface area contributed by atoms with Crippen molar-refractivity contribution in [2.45, 2.75) is 20.3 Å². The van der Waals surface area contributed by atoms with Crippen LogP contribution in [0.4, 0.5) is 10.2 Å². The summed E-state index contributed by atoms with van der Waals surface area (Å²) in [5.74, 6) is 1.01. The van der Waals surface area contributed by atoms with E-state index < -0.39 is 0 Å². The molecule has 0 aliphatic heterocycles. The van der Waals surface area contributed by atoms with Gasteiger partial charge in [-0.05, 0) is 46.5 Å². The lowest BCUT2D eigenvalue weighted by Gasteiger charge is -2.05. The van der Waals surface area contributed by atoms with Crippen LogP contribution in [0.1, 0.15) is 19.4 Å². The molecule has 2 N–H and O–H groups in total. The second-order valence-electron chi connectivity index (χ2n) is 4.60. The van der Waals surface area contributed by atoms with E-state index in [1.807, 2.05) is 0 Å². The van der Waals surface area contributed by atoms with Gasteiger partial charge in [-0.25, -0.2) is 4.39 Å². The number of hydrogen-bond acceptors (Lipinski definition) is 3. The third-order valence-electron chi connectivity index (χ3n) is 2.61. The molecule has 18 heavy (non-hydrogen) atoms. The third kappa shape index (κ3) is 2.56. The Morgan fingerprint density at radius 1 is 1.44 bits per heavy atom. The minimum absolute atomic E-state index is 0.335. The molecule has 0 unspecified atom stereocenters. The highest BCUT2D eigenvalue weighted by atomic mass is 79.9. The zero-order chi connectivity index (χ0) is 13.3. The molecular formula is C13H14BrFN2O. The molecule has 2 rings (SSSR count). The minimum Gasteiger partial charge on any atom is -0.381 e. The molecule has 0 amide bonds. The third-order valence-corrected chi connectivity index (χ3v) is 3.26. The first-order valence-electron chi connectivity index (χ1n) is 5.68. The van der Waals surface area contributed by atoms with Crippen LogP contribution in [0.2, 0.25) is 0 Å². The molecule has 3 nitrogen and oxygen atoms in total. The molecule has 0 spiro atoms. The number of nitrogens with zero attached hydrogens (tertiary/aromatic N) is 1. The monoisotopic (exact) mass is 312 g/mol. The molecule has 0 aliphatic carbocycles. The van der Waals surface area contributed by atoms with Crippen LogP contribution in [0.15, 0.2) is 27.2 Å². The van der Waals surface area contributed by atoms with Crippen molar-refractivity contribution in [3.63, 3.8) is 0 Å². The number of nitrogens with two attached hydrogens (primary N) is 1. The molecule has 96 valence electrons. The number of rotatable bonds is 3. The first-order chi connectivity index (χ1) is 8.49. The van der Waals surface area contributed by atoms with Crippen LogP contribution in [-0.4, -0.2) is 5.16 Å². The maximum atomic E-state index is 13.5. The Kier molecular flexibility index (Phi) is 3.71. The fraction of sp³-hybridized carbons (Fsp3) is 0.308. The molecule has 0 radical (unpaired) electrons. The van der Waals surface area contributed by atoms with E-state index in [4.69, 9.17) is 10.3 Å². The summed E-state index contributed by atoms with van der Waals surface area (Å²) in [5, 5.41) is 3.77. The van der Waals surface area contributed by atoms with E-state index in [0.29, 0.717) is 27.5 Å². The van der Waals surface area contributed by atoms with Gasteiger partial charge in [-0.15, -0.1) is 0 Å². The summed E-state index contributed by atoms with van der Waals surface area (Å²) < 4.78 is 19.2. The van der Waals surface area contributed by atoms with Crippen LogP contribution in [0.5, 0.6) is 0 Å². The largest absolute Gasteiger partial charge is 0.381 e. The van der Waals surface area contributed by atoms with Crippen molar-refractivity contribution in [1.82, 2.24) is 5.16 Å². The molecule has 2 aromatic rings. The molecule has 0 saturated carbocycles. The molecule has 0 saturated heterocycles. The Labute approximate surface area is 113 Å². The van der Waals surface area contributed by atoms with Crippen LogP contribution in [-0.2, 0) is 6.42 Å². The Morgan fingerprint density at radius 3 is 2.78 bits per heavy atom. The van der Waals surface area contributed by atoms with Crippen molar-refractivity contribution in [2.75, 3.05) is 5.73 Å². The molecule has 0 fully saturated rings. The number of benzene rings is 1. The van der Waals surface area contributed by atoms with Crippen molar-refractivity contribution < 1.29 is 8.91 Å². The van der Waals surface area contributed by atoms with Crippen LogP contribution in [0.25, 0.3) is 11.3 Å². The first-order valence-corrected chi connectivity index (χ1v) is 6.47. The van der Waals surface area contributed by atoms with E-state index in [1.165, 1.54) is 6.07 Å². The lowest BCUT2D eigenvalue weighted by Crippen LogP contribution is -1.99. The van der Waals surface area contributed by atoms with Crippen LogP contribution >= 0.6 is 15.9 Å². The second-order valence-corrected chi connectivity index (χ2v) is 5.46. The number of nitrogen functional groups attached to an aromatic ring is 1. The summed E-state index contributed by atoms with van der Waals surface area (Å²) in [5.41, 5.74) is 7.28. The van der Waals surface area contributed by atoms with Crippen molar-refractivity contribution in [3.05, 3.63) is 34.1 Å². The van der Waals surface area contributed by atoms with Gasteiger partial charge in [-0.2, -0.15) is 0 Å². The van der Waals surface area contributed by atoms with Gasteiger partial charge in [0.25, 0.3) is 0 Å². The smallest absolute Gasteiger partial charge is 0.172 e. The van der Waals surface area contributed by atoms with Gasteiger partial charge in [0.05, 0.1) is 4.47 Å². The van der Waals surface area contributed by atoms with Gasteiger partial charge >= 0.3 is 0 Å². The summed E-state index contributed by atoms with van der Waals surface area (Å²) in [4.78, 5) is 0. The minimum atomic E-state index is -0.335. The second kappa shape index (κ2) is 5.10. The fourth-order valence-corrected chi connectivity index (χ4v) is 2.04. The standard InChI is InChI=1S/C13H14BrFN2O/c1-7(2)5-9-12(18-17-13(9)16)8-3-4-10(14)11(15)6-8/h3-4,6-7H,5H2,1-2H3,(H2,16,17). The average Bonchev–Trinajstić information content (AvgIpc) is 2.64. The van der Waals surface area contributed by atoms with Crippen LogP contribution in [0.3, 0.4) is 0 Å². The maximum Gasteiger partial charge on any atom is 0.172 e. The summed E-state index contributed by atoms with van der Waals surface area (Å²) in [6, 6.07) is 4.83.